The molecule has 1 unspecified atom stereocenters. The largest absolute Gasteiger partial charge is 0.391 e. The molecule has 5 heteroatoms. The first-order valence-corrected chi connectivity index (χ1v) is 6.76. The molecule has 4 nitrogen and oxygen atoms in total. The molecule has 1 rings (SSSR count). The lowest BCUT2D eigenvalue weighted by Crippen LogP contribution is -2.28. The number of aromatic nitrogens is 1. The lowest BCUT2D eigenvalue weighted by atomic mass is 10.2. The molecule has 1 heterocycles. The summed E-state index contributed by atoms with van der Waals surface area (Å²) < 4.78 is 5.09. The van der Waals surface area contributed by atoms with Gasteiger partial charge in [0.05, 0.1) is 23.8 Å². The van der Waals surface area contributed by atoms with E-state index in [1.54, 1.807) is 18.4 Å². The molecule has 0 aromatic carbocycles. The number of ether oxygens (including phenoxy) is 1. The van der Waals surface area contributed by atoms with Crippen LogP contribution in [0.15, 0.2) is 0 Å². The monoisotopic (exact) mass is 258 g/mol. The van der Waals surface area contributed by atoms with Crippen LogP contribution in [-0.2, 0) is 18.0 Å². The molecule has 0 saturated carbocycles. The Labute approximate surface area is 107 Å². The van der Waals surface area contributed by atoms with Gasteiger partial charge >= 0.3 is 0 Å². The van der Waals surface area contributed by atoms with Crippen LogP contribution in [0, 0.1) is 0 Å². The van der Waals surface area contributed by atoms with Gasteiger partial charge in [0.15, 0.2) is 5.13 Å². The van der Waals surface area contributed by atoms with Crippen LogP contribution < -0.4 is 4.90 Å². The molecule has 0 fully saturated rings. The van der Waals surface area contributed by atoms with E-state index in [9.17, 15) is 5.11 Å². The third kappa shape index (κ3) is 3.66. The number of rotatable bonds is 7. The molecular weight excluding hydrogens is 236 g/mol. The summed E-state index contributed by atoms with van der Waals surface area (Å²) in [5.74, 6) is 0. The zero-order chi connectivity index (χ0) is 12.8. The van der Waals surface area contributed by atoms with Gasteiger partial charge in [-0.2, -0.15) is 0 Å². The first kappa shape index (κ1) is 14.4. The maximum atomic E-state index is 9.28. The molecule has 1 aromatic rings. The summed E-state index contributed by atoms with van der Waals surface area (Å²) in [6.07, 6.45) is 2.30. The van der Waals surface area contributed by atoms with Crippen molar-refractivity contribution >= 4 is 16.5 Å². The lowest BCUT2D eigenvalue weighted by molar-refractivity contribution is 0.179. The van der Waals surface area contributed by atoms with E-state index in [0.29, 0.717) is 12.6 Å². The minimum Gasteiger partial charge on any atom is -0.391 e. The van der Waals surface area contributed by atoms with E-state index in [2.05, 4.69) is 30.8 Å². The molecular formula is C12H22N2O2S. The number of nitrogens with zero attached hydrogens (tertiary/aromatic N) is 2. The van der Waals surface area contributed by atoms with Crippen molar-refractivity contribution in [2.75, 3.05) is 19.1 Å². The number of aliphatic hydroxyl groups is 1. The highest BCUT2D eigenvalue weighted by Gasteiger charge is 2.16. The second kappa shape index (κ2) is 6.93. The van der Waals surface area contributed by atoms with Gasteiger partial charge in [0.25, 0.3) is 0 Å². The van der Waals surface area contributed by atoms with Gasteiger partial charge in [-0.1, -0.05) is 24.7 Å². The molecule has 0 spiro atoms. The summed E-state index contributed by atoms with van der Waals surface area (Å²) in [6.45, 7) is 4.87. The van der Waals surface area contributed by atoms with E-state index >= 15 is 0 Å². The Morgan fingerprint density at radius 1 is 1.53 bits per heavy atom. The summed E-state index contributed by atoms with van der Waals surface area (Å²) in [6, 6.07) is 0.466. The zero-order valence-electron chi connectivity index (χ0n) is 11.1. The Balaban J connectivity index is 2.83. The number of hydrogen-bond acceptors (Lipinski definition) is 5. The van der Waals surface area contributed by atoms with Gasteiger partial charge in [0, 0.05) is 20.2 Å². The average Bonchev–Trinajstić information content (AvgIpc) is 2.72. The van der Waals surface area contributed by atoms with E-state index < -0.39 is 0 Å². The predicted octanol–water partition coefficient (Wildman–Crippen LogP) is 2.41. The second-order valence-electron chi connectivity index (χ2n) is 4.21. The lowest BCUT2D eigenvalue weighted by Gasteiger charge is -2.23. The maximum absolute atomic E-state index is 9.28. The normalized spacial score (nSPS) is 12.8. The summed E-state index contributed by atoms with van der Waals surface area (Å²) >= 11 is 1.55. The van der Waals surface area contributed by atoms with Gasteiger partial charge in [-0.25, -0.2) is 4.98 Å². The second-order valence-corrected chi connectivity index (χ2v) is 5.27. The van der Waals surface area contributed by atoms with Crippen molar-refractivity contribution in [1.82, 2.24) is 4.98 Å². The van der Waals surface area contributed by atoms with Crippen LogP contribution in [0.4, 0.5) is 5.13 Å². The first-order valence-electron chi connectivity index (χ1n) is 5.95. The Morgan fingerprint density at radius 2 is 2.24 bits per heavy atom. The van der Waals surface area contributed by atoms with Crippen LogP contribution in [0.1, 0.15) is 37.3 Å². The van der Waals surface area contributed by atoms with Crippen LogP contribution in [-0.4, -0.2) is 30.3 Å². The summed E-state index contributed by atoms with van der Waals surface area (Å²) in [4.78, 5) is 7.61. The number of anilines is 1. The van der Waals surface area contributed by atoms with E-state index in [1.165, 1.54) is 0 Å². The average molecular weight is 258 g/mol. The van der Waals surface area contributed by atoms with Crippen molar-refractivity contribution in [3.05, 3.63) is 10.6 Å². The van der Waals surface area contributed by atoms with E-state index in [0.717, 1.165) is 28.5 Å². The minimum atomic E-state index is 0.0341. The molecule has 0 radical (unpaired) electrons. The van der Waals surface area contributed by atoms with Crippen molar-refractivity contribution in [3.8, 4) is 0 Å². The maximum Gasteiger partial charge on any atom is 0.185 e. The summed E-state index contributed by atoms with van der Waals surface area (Å²) in [5, 5.41) is 10.2. The fourth-order valence-electron chi connectivity index (χ4n) is 1.69. The van der Waals surface area contributed by atoms with Gasteiger partial charge in [-0.3, -0.25) is 0 Å². The van der Waals surface area contributed by atoms with Gasteiger partial charge in [-0.15, -0.1) is 0 Å². The number of thiazole rings is 1. The van der Waals surface area contributed by atoms with E-state index in [4.69, 9.17) is 4.74 Å². The van der Waals surface area contributed by atoms with Crippen molar-refractivity contribution in [3.63, 3.8) is 0 Å². The Hall–Kier alpha value is -0.650. The standard InChI is InChI=1S/C12H22N2O2S/c1-5-6-9(2)14(3)12-13-10(8-16-4)11(7-15)17-12/h9,15H,5-8H2,1-4H3. The SMILES string of the molecule is CCCC(C)N(C)c1nc(COC)c(CO)s1. The summed E-state index contributed by atoms with van der Waals surface area (Å²) in [5.41, 5.74) is 0.852. The van der Waals surface area contributed by atoms with Crippen molar-refractivity contribution < 1.29 is 9.84 Å². The molecule has 0 amide bonds. The highest BCUT2D eigenvalue weighted by molar-refractivity contribution is 7.15. The molecule has 0 aliphatic rings. The Kier molecular flexibility index (Phi) is 5.88. The third-order valence-corrected chi connectivity index (χ3v) is 4.03. The van der Waals surface area contributed by atoms with Gasteiger partial charge in [-0.05, 0) is 13.3 Å². The molecule has 0 aliphatic heterocycles. The van der Waals surface area contributed by atoms with Crippen molar-refractivity contribution in [2.24, 2.45) is 0 Å². The smallest absolute Gasteiger partial charge is 0.185 e. The van der Waals surface area contributed by atoms with Gasteiger partial charge in [0.1, 0.15) is 0 Å². The molecule has 0 aliphatic carbocycles. The first-order chi connectivity index (χ1) is 8.13. The highest BCUT2D eigenvalue weighted by Crippen LogP contribution is 2.28. The van der Waals surface area contributed by atoms with Crippen LogP contribution in [0.3, 0.4) is 0 Å². The Bertz CT molecular complexity index is 341. The molecule has 0 bridgehead atoms. The fourth-order valence-corrected chi connectivity index (χ4v) is 2.68. The van der Waals surface area contributed by atoms with Crippen molar-refractivity contribution in [2.45, 2.75) is 45.9 Å². The predicted molar refractivity (Wildman–Crippen MR) is 71.5 cm³/mol. The topological polar surface area (TPSA) is 45.6 Å². The molecule has 98 valence electrons. The van der Waals surface area contributed by atoms with E-state index in [1.807, 2.05) is 0 Å². The van der Waals surface area contributed by atoms with Crippen LogP contribution in [0.25, 0.3) is 0 Å². The van der Waals surface area contributed by atoms with Crippen molar-refractivity contribution in [1.29, 1.82) is 0 Å². The highest BCUT2D eigenvalue weighted by atomic mass is 32.1. The third-order valence-electron chi connectivity index (χ3n) is 2.86. The molecule has 0 saturated heterocycles. The minimum absolute atomic E-state index is 0.0341. The number of methoxy groups -OCH3 is 1. The molecule has 1 N–H and O–H groups in total. The molecule has 17 heavy (non-hydrogen) atoms. The molecule has 1 aromatic heterocycles. The number of aliphatic hydroxyl groups excluding tert-OH is 1. The fraction of sp³-hybridized carbons (Fsp3) is 0.750. The quantitative estimate of drug-likeness (QED) is 0.816. The zero-order valence-corrected chi connectivity index (χ0v) is 11.9. The van der Waals surface area contributed by atoms with Gasteiger partial charge in [0.2, 0.25) is 0 Å². The summed E-state index contributed by atoms with van der Waals surface area (Å²) in [7, 11) is 3.69. The van der Waals surface area contributed by atoms with Gasteiger partial charge < -0.3 is 14.7 Å². The van der Waals surface area contributed by atoms with E-state index in [-0.39, 0.29) is 6.61 Å². The van der Waals surface area contributed by atoms with Crippen LogP contribution in [0.2, 0.25) is 0 Å². The Morgan fingerprint density at radius 3 is 2.76 bits per heavy atom. The van der Waals surface area contributed by atoms with Crippen LogP contribution >= 0.6 is 11.3 Å². The molecule has 1 atom stereocenters. The number of hydrogen-bond donors (Lipinski definition) is 1. The van der Waals surface area contributed by atoms with Crippen LogP contribution in [0.5, 0.6) is 0 Å².